The number of likely N-dealkylation sites (tertiary alicyclic amines) is 1. The Bertz CT molecular complexity index is 724. The third-order valence-corrected chi connectivity index (χ3v) is 5.16. The standard InChI is InChI=1S/C18H23N3O3S.CH2O2/c1-21-10-14(9-15(21)11-22)20-18(23)19-13-4-6-16(7-5-13)24-12-17-3-2-8-25-17;2-1-3/h2-8,14-15,22H,9-12H2,1H3,(H2,19,20,23);1H,(H,2,3)/t14-,15+;/m1./s1. The van der Waals surface area contributed by atoms with Gasteiger partial charge < -0.3 is 25.6 Å². The lowest BCUT2D eigenvalue weighted by atomic mass is 10.2. The smallest absolute Gasteiger partial charge is 0.319 e. The van der Waals surface area contributed by atoms with E-state index in [1.54, 1.807) is 11.3 Å². The molecule has 4 N–H and O–H groups in total. The number of anilines is 1. The van der Waals surface area contributed by atoms with Gasteiger partial charge in [0.15, 0.2) is 0 Å². The van der Waals surface area contributed by atoms with E-state index in [1.165, 1.54) is 4.88 Å². The van der Waals surface area contributed by atoms with Gasteiger partial charge in [0.2, 0.25) is 0 Å². The van der Waals surface area contributed by atoms with Gasteiger partial charge in [-0.3, -0.25) is 9.69 Å². The molecule has 1 aromatic heterocycles. The SMILES string of the molecule is CN1C[C@H](NC(=O)Nc2ccc(OCc3cccs3)cc2)C[C@H]1CO.O=CO. The van der Waals surface area contributed by atoms with Crippen LogP contribution in [0.3, 0.4) is 0 Å². The monoisotopic (exact) mass is 407 g/mol. The number of nitrogens with zero attached hydrogens (tertiary/aromatic N) is 1. The molecule has 3 rings (SSSR count). The molecule has 0 saturated carbocycles. The Kier molecular flexibility index (Phi) is 8.73. The van der Waals surface area contributed by atoms with Gasteiger partial charge in [-0.05, 0) is 49.2 Å². The number of benzene rings is 1. The first-order valence-electron chi connectivity index (χ1n) is 8.77. The van der Waals surface area contributed by atoms with Gasteiger partial charge in [-0.2, -0.15) is 0 Å². The number of carbonyl (C=O) groups is 2. The molecule has 0 bridgehead atoms. The average Bonchev–Trinajstić information content (AvgIpc) is 3.31. The first kappa shape index (κ1) is 21.7. The van der Waals surface area contributed by atoms with E-state index in [-0.39, 0.29) is 31.2 Å². The lowest BCUT2D eigenvalue weighted by Crippen LogP contribution is -2.39. The lowest BCUT2D eigenvalue weighted by Gasteiger charge is -2.15. The molecular weight excluding hydrogens is 382 g/mol. The molecule has 2 atom stereocenters. The molecular formula is C19H25N3O5S. The molecule has 0 spiro atoms. The van der Waals surface area contributed by atoms with Gasteiger partial charge in [-0.25, -0.2) is 4.79 Å². The highest BCUT2D eigenvalue weighted by molar-refractivity contribution is 7.09. The second kappa shape index (κ2) is 11.3. The molecule has 9 heteroatoms. The van der Waals surface area contributed by atoms with Crippen molar-refractivity contribution in [3.8, 4) is 5.75 Å². The van der Waals surface area contributed by atoms with E-state index in [9.17, 15) is 9.90 Å². The molecule has 152 valence electrons. The van der Waals surface area contributed by atoms with Crippen molar-refractivity contribution >= 4 is 29.5 Å². The van der Waals surface area contributed by atoms with E-state index in [1.807, 2.05) is 48.8 Å². The van der Waals surface area contributed by atoms with Crippen LogP contribution in [-0.4, -0.2) is 59.9 Å². The molecule has 0 unspecified atom stereocenters. The number of amides is 2. The van der Waals surface area contributed by atoms with Crippen molar-refractivity contribution < 1.29 is 24.5 Å². The van der Waals surface area contributed by atoms with Crippen molar-refractivity contribution in [2.75, 3.05) is 25.5 Å². The summed E-state index contributed by atoms with van der Waals surface area (Å²) in [7, 11) is 1.95. The predicted molar refractivity (Wildman–Crippen MR) is 108 cm³/mol. The van der Waals surface area contributed by atoms with Crippen LogP contribution in [0.1, 0.15) is 11.3 Å². The molecule has 2 amide bonds. The van der Waals surface area contributed by atoms with E-state index in [4.69, 9.17) is 14.6 Å². The van der Waals surface area contributed by atoms with Gasteiger partial charge in [0.1, 0.15) is 12.4 Å². The van der Waals surface area contributed by atoms with E-state index in [2.05, 4.69) is 15.5 Å². The van der Waals surface area contributed by atoms with Crippen molar-refractivity contribution in [3.05, 3.63) is 46.7 Å². The van der Waals surface area contributed by atoms with Crippen LogP contribution >= 0.6 is 11.3 Å². The van der Waals surface area contributed by atoms with Gasteiger partial charge in [0, 0.05) is 29.2 Å². The van der Waals surface area contributed by atoms with Crippen LogP contribution in [0.4, 0.5) is 10.5 Å². The van der Waals surface area contributed by atoms with Gasteiger partial charge in [0.05, 0.1) is 6.61 Å². The van der Waals surface area contributed by atoms with E-state index >= 15 is 0 Å². The zero-order chi connectivity index (χ0) is 20.4. The average molecular weight is 407 g/mol. The van der Waals surface area contributed by atoms with Crippen LogP contribution < -0.4 is 15.4 Å². The molecule has 2 heterocycles. The Morgan fingerprint density at radius 1 is 1.36 bits per heavy atom. The molecule has 1 fully saturated rings. The fourth-order valence-corrected chi connectivity index (χ4v) is 3.55. The van der Waals surface area contributed by atoms with Crippen LogP contribution in [0.2, 0.25) is 0 Å². The number of hydrogen-bond acceptors (Lipinski definition) is 6. The number of urea groups is 1. The number of rotatable bonds is 6. The van der Waals surface area contributed by atoms with Crippen molar-refractivity contribution in [3.63, 3.8) is 0 Å². The number of nitrogens with one attached hydrogen (secondary N) is 2. The molecule has 1 aliphatic heterocycles. The number of thiophene rings is 1. The minimum absolute atomic E-state index is 0.0514. The van der Waals surface area contributed by atoms with Gasteiger partial charge in [0.25, 0.3) is 6.47 Å². The molecule has 8 nitrogen and oxygen atoms in total. The molecule has 2 aromatic rings. The van der Waals surface area contributed by atoms with Gasteiger partial charge >= 0.3 is 6.03 Å². The Hall–Kier alpha value is -2.62. The normalized spacial score (nSPS) is 18.6. The number of aliphatic hydroxyl groups is 1. The minimum Gasteiger partial charge on any atom is -0.488 e. The number of aliphatic hydroxyl groups excluding tert-OH is 1. The minimum atomic E-state index is -0.250. The Morgan fingerprint density at radius 2 is 2.07 bits per heavy atom. The summed E-state index contributed by atoms with van der Waals surface area (Å²) in [6.07, 6.45) is 0.760. The highest BCUT2D eigenvalue weighted by atomic mass is 32.1. The summed E-state index contributed by atoms with van der Waals surface area (Å²) in [6, 6.07) is 11.3. The lowest BCUT2D eigenvalue weighted by molar-refractivity contribution is -0.122. The van der Waals surface area contributed by atoms with Crippen molar-refractivity contribution in [2.24, 2.45) is 0 Å². The van der Waals surface area contributed by atoms with Crippen LogP contribution in [0.25, 0.3) is 0 Å². The van der Waals surface area contributed by atoms with Crippen LogP contribution in [0.5, 0.6) is 5.75 Å². The summed E-state index contributed by atoms with van der Waals surface area (Å²) in [5.41, 5.74) is 0.714. The zero-order valence-corrected chi connectivity index (χ0v) is 16.4. The molecule has 1 aliphatic rings. The Morgan fingerprint density at radius 3 is 2.64 bits per heavy atom. The van der Waals surface area contributed by atoms with Crippen molar-refractivity contribution in [2.45, 2.75) is 25.1 Å². The van der Waals surface area contributed by atoms with Crippen molar-refractivity contribution in [1.29, 1.82) is 0 Å². The maximum absolute atomic E-state index is 12.1. The summed E-state index contributed by atoms with van der Waals surface area (Å²) >= 11 is 1.66. The first-order chi connectivity index (χ1) is 13.5. The van der Waals surface area contributed by atoms with E-state index < -0.39 is 0 Å². The maximum Gasteiger partial charge on any atom is 0.319 e. The Balaban J connectivity index is 0.000000878. The fraction of sp³-hybridized carbons (Fsp3) is 0.368. The summed E-state index contributed by atoms with van der Waals surface area (Å²) in [4.78, 5) is 23.7. The number of ether oxygens (including phenoxy) is 1. The molecule has 0 radical (unpaired) electrons. The quantitative estimate of drug-likeness (QED) is 0.547. The maximum atomic E-state index is 12.1. The molecule has 1 saturated heterocycles. The predicted octanol–water partition coefficient (Wildman–Crippen LogP) is 2.21. The number of carbonyl (C=O) groups excluding carboxylic acids is 1. The molecule has 28 heavy (non-hydrogen) atoms. The zero-order valence-electron chi connectivity index (χ0n) is 15.6. The largest absolute Gasteiger partial charge is 0.488 e. The second-order valence-corrected chi connectivity index (χ2v) is 7.34. The summed E-state index contributed by atoms with van der Waals surface area (Å²) in [5.74, 6) is 0.766. The highest BCUT2D eigenvalue weighted by Crippen LogP contribution is 2.19. The third-order valence-electron chi connectivity index (χ3n) is 4.31. The Labute approximate surface area is 167 Å². The van der Waals surface area contributed by atoms with Gasteiger partial charge in [-0.1, -0.05) is 6.07 Å². The van der Waals surface area contributed by atoms with Crippen LogP contribution in [-0.2, 0) is 11.4 Å². The van der Waals surface area contributed by atoms with Crippen molar-refractivity contribution in [1.82, 2.24) is 10.2 Å². The topological polar surface area (TPSA) is 111 Å². The van der Waals surface area contributed by atoms with Crippen LogP contribution in [0.15, 0.2) is 41.8 Å². The highest BCUT2D eigenvalue weighted by Gasteiger charge is 2.29. The number of carboxylic acid groups (broad SMARTS) is 1. The van der Waals surface area contributed by atoms with Gasteiger partial charge in [-0.15, -0.1) is 11.3 Å². The summed E-state index contributed by atoms with van der Waals surface area (Å²) in [5, 5.41) is 24.0. The molecule has 1 aromatic carbocycles. The summed E-state index contributed by atoms with van der Waals surface area (Å²) < 4.78 is 5.71. The number of likely N-dealkylation sites (N-methyl/N-ethyl adjacent to an activating group) is 1. The van der Waals surface area contributed by atoms with E-state index in [0.29, 0.717) is 12.3 Å². The number of hydrogen-bond donors (Lipinski definition) is 4. The fourth-order valence-electron chi connectivity index (χ4n) is 2.93. The van der Waals surface area contributed by atoms with Crippen LogP contribution in [0, 0.1) is 0 Å². The van der Waals surface area contributed by atoms with E-state index in [0.717, 1.165) is 18.7 Å². The third kappa shape index (κ3) is 6.84. The summed E-state index contributed by atoms with van der Waals surface area (Å²) in [6.45, 7) is 1.16. The first-order valence-corrected chi connectivity index (χ1v) is 9.65. The molecule has 0 aliphatic carbocycles. The second-order valence-electron chi connectivity index (χ2n) is 6.30.